The molecular formula is C17H25N. The molecule has 2 bridgehead atoms. The number of hydrogen-bond donors (Lipinski definition) is 1. The van der Waals surface area contributed by atoms with Crippen LogP contribution in [0.25, 0.3) is 0 Å². The van der Waals surface area contributed by atoms with Crippen LogP contribution in [0, 0.1) is 17.8 Å². The van der Waals surface area contributed by atoms with E-state index in [0.717, 1.165) is 30.7 Å². The lowest BCUT2D eigenvalue weighted by Crippen LogP contribution is -2.37. The molecule has 0 heterocycles. The lowest BCUT2D eigenvalue weighted by atomic mass is 9.84. The first-order valence-electron chi connectivity index (χ1n) is 7.60. The van der Waals surface area contributed by atoms with Crippen LogP contribution in [0.2, 0.25) is 0 Å². The average molecular weight is 243 g/mol. The van der Waals surface area contributed by atoms with Gasteiger partial charge in [-0.05, 0) is 62.5 Å². The molecule has 0 amide bonds. The highest BCUT2D eigenvalue weighted by atomic mass is 14.9. The van der Waals surface area contributed by atoms with E-state index in [1.807, 2.05) is 0 Å². The fourth-order valence-electron chi connectivity index (χ4n) is 4.15. The topological polar surface area (TPSA) is 12.0 Å². The Bertz CT molecular complexity index is 372. The summed E-state index contributed by atoms with van der Waals surface area (Å²) in [6.45, 7) is 3.52. The van der Waals surface area contributed by atoms with Crippen molar-refractivity contribution in [3.63, 3.8) is 0 Å². The van der Waals surface area contributed by atoms with Gasteiger partial charge >= 0.3 is 0 Å². The van der Waals surface area contributed by atoms with E-state index in [1.165, 1.54) is 31.2 Å². The monoisotopic (exact) mass is 243 g/mol. The average Bonchev–Trinajstić information content (AvgIpc) is 3.02. The number of hydrogen-bond acceptors (Lipinski definition) is 1. The first-order valence-corrected chi connectivity index (χ1v) is 7.60. The van der Waals surface area contributed by atoms with Crippen LogP contribution >= 0.6 is 0 Å². The SMILES string of the molecule is CC(NCCc1ccccc1)C1CC2CCC1C2. The molecule has 1 N–H and O–H groups in total. The minimum Gasteiger partial charge on any atom is -0.314 e. The van der Waals surface area contributed by atoms with Crippen LogP contribution in [0.5, 0.6) is 0 Å². The third kappa shape index (κ3) is 2.61. The Morgan fingerprint density at radius 1 is 1.17 bits per heavy atom. The first-order chi connectivity index (χ1) is 8.83. The molecule has 0 saturated heterocycles. The van der Waals surface area contributed by atoms with E-state index in [9.17, 15) is 0 Å². The fourth-order valence-corrected chi connectivity index (χ4v) is 4.15. The van der Waals surface area contributed by atoms with E-state index >= 15 is 0 Å². The van der Waals surface area contributed by atoms with Crippen LogP contribution in [-0.4, -0.2) is 12.6 Å². The molecule has 1 aromatic rings. The maximum Gasteiger partial charge on any atom is 0.00698 e. The van der Waals surface area contributed by atoms with Gasteiger partial charge in [-0.25, -0.2) is 0 Å². The molecule has 0 aromatic heterocycles. The summed E-state index contributed by atoms with van der Waals surface area (Å²) in [6, 6.07) is 11.5. The van der Waals surface area contributed by atoms with Gasteiger partial charge in [0.2, 0.25) is 0 Å². The van der Waals surface area contributed by atoms with Crippen molar-refractivity contribution < 1.29 is 0 Å². The van der Waals surface area contributed by atoms with Crippen LogP contribution in [0.15, 0.2) is 30.3 Å². The maximum absolute atomic E-state index is 3.76. The van der Waals surface area contributed by atoms with Gasteiger partial charge in [0.25, 0.3) is 0 Å². The van der Waals surface area contributed by atoms with E-state index in [1.54, 1.807) is 0 Å². The summed E-state index contributed by atoms with van der Waals surface area (Å²) in [6.07, 6.45) is 7.18. The Labute approximate surface area is 111 Å². The molecular weight excluding hydrogens is 218 g/mol. The lowest BCUT2D eigenvalue weighted by molar-refractivity contribution is 0.261. The molecule has 0 spiro atoms. The Morgan fingerprint density at radius 3 is 2.67 bits per heavy atom. The Hall–Kier alpha value is -0.820. The van der Waals surface area contributed by atoms with Gasteiger partial charge in [-0.3, -0.25) is 0 Å². The van der Waals surface area contributed by atoms with Crippen molar-refractivity contribution in [2.24, 2.45) is 17.8 Å². The van der Waals surface area contributed by atoms with Gasteiger partial charge in [-0.2, -0.15) is 0 Å². The fraction of sp³-hybridized carbons (Fsp3) is 0.647. The number of rotatable bonds is 5. The zero-order chi connectivity index (χ0) is 12.4. The molecule has 2 aliphatic rings. The van der Waals surface area contributed by atoms with Gasteiger partial charge in [0.15, 0.2) is 0 Å². The summed E-state index contributed by atoms with van der Waals surface area (Å²) in [5.41, 5.74) is 1.45. The van der Waals surface area contributed by atoms with Crippen LogP contribution in [0.1, 0.15) is 38.2 Å². The Kier molecular flexibility index (Phi) is 3.69. The standard InChI is InChI=1S/C17H25N/c1-13(17-12-15-7-8-16(17)11-15)18-10-9-14-5-3-2-4-6-14/h2-6,13,15-18H,7-12H2,1H3. The van der Waals surface area contributed by atoms with Crippen molar-refractivity contribution in [2.45, 2.75) is 45.1 Å². The smallest absolute Gasteiger partial charge is 0.00698 e. The van der Waals surface area contributed by atoms with Gasteiger partial charge in [-0.1, -0.05) is 36.8 Å². The molecule has 4 atom stereocenters. The van der Waals surface area contributed by atoms with Gasteiger partial charge in [0.1, 0.15) is 0 Å². The highest BCUT2D eigenvalue weighted by molar-refractivity contribution is 5.14. The van der Waals surface area contributed by atoms with Gasteiger partial charge in [0.05, 0.1) is 0 Å². The van der Waals surface area contributed by atoms with Crippen LogP contribution in [0.3, 0.4) is 0 Å². The number of benzene rings is 1. The van der Waals surface area contributed by atoms with Gasteiger partial charge < -0.3 is 5.32 Å². The van der Waals surface area contributed by atoms with Crippen LogP contribution in [-0.2, 0) is 6.42 Å². The van der Waals surface area contributed by atoms with Crippen molar-refractivity contribution in [3.05, 3.63) is 35.9 Å². The molecule has 4 unspecified atom stereocenters. The highest BCUT2D eigenvalue weighted by Gasteiger charge is 2.41. The zero-order valence-electron chi connectivity index (χ0n) is 11.4. The van der Waals surface area contributed by atoms with Crippen molar-refractivity contribution >= 4 is 0 Å². The molecule has 2 fully saturated rings. The van der Waals surface area contributed by atoms with E-state index in [0.29, 0.717) is 6.04 Å². The van der Waals surface area contributed by atoms with E-state index in [2.05, 4.69) is 42.6 Å². The summed E-state index contributed by atoms with van der Waals surface area (Å²) in [5, 5.41) is 3.76. The predicted molar refractivity (Wildman–Crippen MR) is 76.5 cm³/mol. The minimum absolute atomic E-state index is 0.712. The molecule has 0 radical (unpaired) electrons. The van der Waals surface area contributed by atoms with E-state index in [4.69, 9.17) is 0 Å². The number of fused-ring (bicyclic) bond motifs is 2. The second-order valence-electron chi connectivity index (χ2n) is 6.32. The summed E-state index contributed by atoms with van der Waals surface area (Å²) >= 11 is 0. The lowest BCUT2D eigenvalue weighted by Gasteiger charge is -2.28. The third-order valence-corrected chi connectivity index (χ3v) is 5.16. The molecule has 98 valence electrons. The highest BCUT2D eigenvalue weighted by Crippen LogP contribution is 2.49. The molecule has 3 rings (SSSR count). The van der Waals surface area contributed by atoms with Crippen molar-refractivity contribution in [3.8, 4) is 0 Å². The molecule has 1 heteroatoms. The summed E-state index contributed by atoms with van der Waals surface area (Å²) in [5.74, 6) is 3.06. The van der Waals surface area contributed by atoms with Crippen molar-refractivity contribution in [1.29, 1.82) is 0 Å². The van der Waals surface area contributed by atoms with E-state index < -0.39 is 0 Å². The largest absolute Gasteiger partial charge is 0.314 e. The van der Waals surface area contributed by atoms with Crippen LogP contribution < -0.4 is 5.32 Å². The van der Waals surface area contributed by atoms with E-state index in [-0.39, 0.29) is 0 Å². The van der Waals surface area contributed by atoms with Gasteiger partial charge in [0, 0.05) is 6.04 Å². The molecule has 1 nitrogen and oxygen atoms in total. The van der Waals surface area contributed by atoms with Crippen molar-refractivity contribution in [2.75, 3.05) is 6.54 Å². The third-order valence-electron chi connectivity index (χ3n) is 5.16. The second-order valence-corrected chi connectivity index (χ2v) is 6.32. The summed E-state index contributed by atoms with van der Waals surface area (Å²) in [7, 11) is 0. The minimum atomic E-state index is 0.712. The van der Waals surface area contributed by atoms with Gasteiger partial charge in [-0.15, -0.1) is 0 Å². The normalized spacial score (nSPS) is 31.7. The van der Waals surface area contributed by atoms with Crippen LogP contribution in [0.4, 0.5) is 0 Å². The second kappa shape index (κ2) is 5.44. The predicted octanol–water partition coefficient (Wildman–Crippen LogP) is 3.64. The summed E-state index contributed by atoms with van der Waals surface area (Å²) < 4.78 is 0. The molecule has 0 aliphatic heterocycles. The molecule has 1 aromatic carbocycles. The van der Waals surface area contributed by atoms with Crippen molar-refractivity contribution in [1.82, 2.24) is 5.32 Å². The maximum atomic E-state index is 3.76. The first kappa shape index (κ1) is 12.2. The Balaban J connectivity index is 1.43. The molecule has 2 aliphatic carbocycles. The molecule has 18 heavy (non-hydrogen) atoms. The Morgan fingerprint density at radius 2 is 2.00 bits per heavy atom. The quantitative estimate of drug-likeness (QED) is 0.832. The molecule has 2 saturated carbocycles. The zero-order valence-corrected chi connectivity index (χ0v) is 11.4. The summed E-state index contributed by atoms with van der Waals surface area (Å²) in [4.78, 5) is 0. The number of nitrogens with one attached hydrogen (secondary N) is 1.